The summed E-state index contributed by atoms with van der Waals surface area (Å²) in [4.78, 5) is 16.6. The van der Waals surface area contributed by atoms with Gasteiger partial charge in [-0.25, -0.2) is 0 Å². The van der Waals surface area contributed by atoms with E-state index in [-0.39, 0.29) is 5.43 Å². The van der Waals surface area contributed by atoms with Crippen LogP contribution in [0, 0.1) is 0 Å². The van der Waals surface area contributed by atoms with Crippen LogP contribution in [0.25, 0.3) is 21.6 Å². The van der Waals surface area contributed by atoms with E-state index in [1.807, 2.05) is 12.1 Å². The van der Waals surface area contributed by atoms with Gasteiger partial charge < -0.3 is 4.42 Å². The maximum absolute atomic E-state index is 11.8. The zero-order valence-electron chi connectivity index (χ0n) is 8.21. The van der Waals surface area contributed by atoms with Gasteiger partial charge in [0.1, 0.15) is 11.3 Å². The van der Waals surface area contributed by atoms with Crippen molar-refractivity contribution >= 4 is 22.3 Å². The molecule has 0 aliphatic rings. The van der Waals surface area contributed by atoms with E-state index in [1.165, 1.54) is 17.4 Å². The molecule has 2 heterocycles. The molecule has 0 saturated heterocycles. The van der Waals surface area contributed by atoms with Crippen LogP contribution in [0.4, 0.5) is 0 Å². The first-order chi connectivity index (χ1) is 7.84. The fourth-order valence-corrected chi connectivity index (χ4v) is 2.14. The van der Waals surface area contributed by atoms with Crippen LogP contribution in [0.3, 0.4) is 0 Å². The number of hydrogen-bond donors (Lipinski definition) is 0. The molecule has 0 unspecified atom stereocenters. The zero-order valence-corrected chi connectivity index (χ0v) is 9.03. The van der Waals surface area contributed by atoms with E-state index in [4.69, 9.17) is 4.42 Å². The van der Waals surface area contributed by atoms with E-state index in [2.05, 4.69) is 4.98 Å². The number of hydrogen-bond acceptors (Lipinski definition) is 4. The van der Waals surface area contributed by atoms with Gasteiger partial charge in [-0.15, -0.1) is 11.3 Å². The molecule has 16 heavy (non-hydrogen) atoms. The van der Waals surface area contributed by atoms with Gasteiger partial charge in [-0.2, -0.15) is 0 Å². The molecule has 1 aromatic carbocycles. The highest BCUT2D eigenvalue weighted by molar-refractivity contribution is 7.13. The average molecular weight is 229 g/mol. The van der Waals surface area contributed by atoms with Crippen LogP contribution in [0.1, 0.15) is 0 Å². The second-order valence-electron chi connectivity index (χ2n) is 3.34. The number of rotatable bonds is 1. The molecule has 0 bridgehead atoms. The highest BCUT2D eigenvalue weighted by Gasteiger charge is 2.06. The quantitative estimate of drug-likeness (QED) is 0.644. The molecule has 0 aliphatic carbocycles. The Kier molecular flexibility index (Phi) is 2.08. The van der Waals surface area contributed by atoms with Crippen LogP contribution < -0.4 is 5.43 Å². The molecule has 2 aromatic heterocycles. The van der Waals surface area contributed by atoms with Crippen molar-refractivity contribution in [3.8, 4) is 10.6 Å². The normalized spacial score (nSPS) is 10.8. The molecule has 0 saturated carbocycles. The largest absolute Gasteiger partial charge is 0.455 e. The molecule has 3 nitrogen and oxygen atoms in total. The van der Waals surface area contributed by atoms with E-state index in [1.54, 1.807) is 23.8 Å². The van der Waals surface area contributed by atoms with Gasteiger partial charge in [-0.1, -0.05) is 12.1 Å². The third kappa shape index (κ3) is 1.44. The first-order valence-electron chi connectivity index (χ1n) is 4.76. The first kappa shape index (κ1) is 9.30. The zero-order chi connectivity index (χ0) is 11.0. The first-order valence-corrected chi connectivity index (χ1v) is 5.64. The van der Waals surface area contributed by atoms with Gasteiger partial charge in [0.05, 0.1) is 15.8 Å². The van der Waals surface area contributed by atoms with E-state index >= 15 is 0 Å². The summed E-state index contributed by atoms with van der Waals surface area (Å²) < 4.78 is 5.66. The van der Waals surface area contributed by atoms with Crippen molar-refractivity contribution in [3.05, 3.63) is 52.3 Å². The minimum atomic E-state index is -0.0229. The topological polar surface area (TPSA) is 43.1 Å². The fourth-order valence-electron chi connectivity index (χ4n) is 1.56. The van der Waals surface area contributed by atoms with E-state index in [0.29, 0.717) is 16.7 Å². The Balaban J connectivity index is 2.34. The highest BCUT2D eigenvalue weighted by Crippen LogP contribution is 2.24. The number of thiazole rings is 1. The summed E-state index contributed by atoms with van der Waals surface area (Å²) >= 11 is 1.45. The lowest BCUT2D eigenvalue weighted by molar-refractivity contribution is 0.620. The Morgan fingerprint density at radius 3 is 2.94 bits per heavy atom. The number of fused-ring (bicyclic) bond motifs is 1. The number of nitrogens with zero attached hydrogens (tertiary/aromatic N) is 1. The summed E-state index contributed by atoms with van der Waals surface area (Å²) in [7, 11) is 0. The van der Waals surface area contributed by atoms with E-state index < -0.39 is 0 Å². The summed E-state index contributed by atoms with van der Waals surface area (Å²) in [5.41, 5.74) is 2.30. The minimum Gasteiger partial charge on any atom is -0.455 e. The predicted molar refractivity (Wildman–Crippen MR) is 63.6 cm³/mol. The van der Waals surface area contributed by atoms with Crippen molar-refractivity contribution in [1.82, 2.24) is 4.98 Å². The molecule has 3 aromatic rings. The monoisotopic (exact) mass is 229 g/mol. The fraction of sp³-hybridized carbons (Fsp3) is 0. The molecule has 0 aliphatic heterocycles. The summed E-state index contributed by atoms with van der Waals surface area (Å²) in [6.45, 7) is 0. The second-order valence-corrected chi connectivity index (χ2v) is 4.22. The number of aromatic nitrogens is 1. The minimum absolute atomic E-state index is 0.0229. The maximum atomic E-state index is 11.8. The van der Waals surface area contributed by atoms with Gasteiger partial charge in [-0.05, 0) is 12.1 Å². The van der Waals surface area contributed by atoms with Crippen LogP contribution in [0.5, 0.6) is 0 Å². The van der Waals surface area contributed by atoms with E-state index in [9.17, 15) is 4.79 Å². The van der Waals surface area contributed by atoms with Crippen molar-refractivity contribution in [2.24, 2.45) is 0 Å². The summed E-state index contributed by atoms with van der Waals surface area (Å²) in [6, 6.07) is 8.74. The highest BCUT2D eigenvalue weighted by atomic mass is 32.1. The Labute approximate surface area is 95.0 Å². The number of para-hydroxylation sites is 1. The van der Waals surface area contributed by atoms with Gasteiger partial charge in [0.2, 0.25) is 0 Å². The predicted octanol–water partition coefficient (Wildman–Crippen LogP) is 2.92. The molecular formula is C12H7NO2S. The van der Waals surface area contributed by atoms with Gasteiger partial charge >= 0.3 is 0 Å². The van der Waals surface area contributed by atoms with E-state index in [0.717, 1.165) is 4.88 Å². The van der Waals surface area contributed by atoms with Crippen LogP contribution in [0.2, 0.25) is 0 Å². The SMILES string of the molecule is O=c1cc(-c2cncs2)oc2ccccc12. The summed E-state index contributed by atoms with van der Waals surface area (Å²) in [5.74, 6) is 0.575. The Bertz CT molecular complexity index is 686. The Hall–Kier alpha value is -1.94. The Morgan fingerprint density at radius 1 is 1.25 bits per heavy atom. The second kappa shape index (κ2) is 3.57. The van der Waals surface area contributed by atoms with Crippen molar-refractivity contribution < 1.29 is 4.42 Å². The molecule has 0 radical (unpaired) electrons. The molecule has 0 spiro atoms. The van der Waals surface area contributed by atoms with Gasteiger partial charge in [0.15, 0.2) is 5.43 Å². The Morgan fingerprint density at radius 2 is 2.12 bits per heavy atom. The summed E-state index contributed by atoms with van der Waals surface area (Å²) in [6.07, 6.45) is 1.69. The molecule has 0 atom stereocenters. The van der Waals surface area contributed by atoms with Crippen LogP contribution in [-0.2, 0) is 0 Å². The lowest BCUT2D eigenvalue weighted by atomic mass is 10.2. The molecule has 0 N–H and O–H groups in total. The van der Waals surface area contributed by atoms with Gasteiger partial charge in [0.25, 0.3) is 0 Å². The van der Waals surface area contributed by atoms with Crippen molar-refractivity contribution in [1.29, 1.82) is 0 Å². The molecule has 4 heteroatoms. The molecule has 0 fully saturated rings. The average Bonchev–Trinajstić information content (AvgIpc) is 2.82. The van der Waals surface area contributed by atoms with Gasteiger partial charge in [-0.3, -0.25) is 9.78 Å². The molecule has 3 rings (SSSR count). The van der Waals surface area contributed by atoms with Crippen molar-refractivity contribution in [2.75, 3.05) is 0 Å². The lowest BCUT2D eigenvalue weighted by Gasteiger charge is -1.99. The maximum Gasteiger partial charge on any atom is 0.193 e. The molecule has 0 amide bonds. The lowest BCUT2D eigenvalue weighted by Crippen LogP contribution is -1.99. The van der Waals surface area contributed by atoms with Crippen molar-refractivity contribution in [2.45, 2.75) is 0 Å². The molecule has 78 valence electrons. The molecular weight excluding hydrogens is 222 g/mol. The van der Waals surface area contributed by atoms with Crippen LogP contribution >= 0.6 is 11.3 Å². The van der Waals surface area contributed by atoms with Crippen LogP contribution in [0.15, 0.2) is 51.3 Å². The third-order valence-corrected chi connectivity index (χ3v) is 3.10. The number of benzene rings is 1. The van der Waals surface area contributed by atoms with Crippen LogP contribution in [-0.4, -0.2) is 4.98 Å². The van der Waals surface area contributed by atoms with Gasteiger partial charge in [0, 0.05) is 12.3 Å². The van der Waals surface area contributed by atoms with Crippen molar-refractivity contribution in [3.63, 3.8) is 0 Å². The third-order valence-electron chi connectivity index (χ3n) is 2.31. The standard InChI is InChI=1S/C12H7NO2S/c14-9-5-11(12-6-13-7-16-12)15-10-4-2-1-3-8(9)10/h1-7H. The summed E-state index contributed by atoms with van der Waals surface area (Å²) in [5, 5.41) is 0.607. The smallest absolute Gasteiger partial charge is 0.193 e.